The van der Waals surface area contributed by atoms with Gasteiger partial charge in [0.25, 0.3) is 0 Å². The van der Waals surface area contributed by atoms with Crippen LogP contribution in [-0.2, 0) is 6.67 Å². The average molecular weight is 329 g/mol. The Morgan fingerprint density at radius 3 is 2.70 bits per heavy atom. The molecule has 23 heavy (non-hydrogen) atoms. The van der Waals surface area contributed by atoms with Crippen molar-refractivity contribution in [3.63, 3.8) is 0 Å². The molecular weight excluding hydrogens is 306 g/mol. The van der Waals surface area contributed by atoms with E-state index in [0.29, 0.717) is 12.1 Å². The molecule has 0 spiro atoms. The lowest BCUT2D eigenvalue weighted by atomic mass is 10.0. The normalized spacial score (nSPS) is 23.3. The Labute approximate surface area is 142 Å². The monoisotopic (exact) mass is 329 g/mol. The summed E-state index contributed by atoms with van der Waals surface area (Å²) in [4.78, 5) is 4.89. The van der Waals surface area contributed by atoms with Gasteiger partial charge in [-0.15, -0.1) is 0 Å². The van der Waals surface area contributed by atoms with Crippen LogP contribution in [0.15, 0.2) is 36.7 Å². The number of rotatable bonds is 4. The maximum Gasteiger partial charge on any atom is 0.199 e. The molecule has 6 heteroatoms. The Balaban J connectivity index is 1.57. The van der Waals surface area contributed by atoms with Gasteiger partial charge >= 0.3 is 0 Å². The predicted molar refractivity (Wildman–Crippen MR) is 92.7 cm³/mol. The first-order chi connectivity index (χ1) is 11.2. The molecule has 1 unspecified atom stereocenters. The van der Waals surface area contributed by atoms with Crippen molar-refractivity contribution in [2.45, 2.75) is 31.6 Å². The van der Waals surface area contributed by atoms with Crippen molar-refractivity contribution in [2.75, 3.05) is 26.7 Å². The first kappa shape index (κ1) is 15.1. The molecule has 2 aliphatic rings. The Bertz CT molecular complexity index is 718. The highest BCUT2D eigenvalue weighted by Crippen LogP contribution is 2.34. The topological polar surface area (TPSA) is 29.2 Å². The van der Waals surface area contributed by atoms with Crippen molar-refractivity contribution in [3.05, 3.63) is 47.0 Å². The fourth-order valence-electron chi connectivity index (χ4n) is 3.34. The molecule has 2 fully saturated rings. The molecule has 4 rings (SSSR count). The fourth-order valence-corrected chi connectivity index (χ4v) is 3.64. The number of benzene rings is 1. The highest BCUT2D eigenvalue weighted by atomic mass is 32.1. The zero-order valence-electron chi connectivity index (χ0n) is 13.5. The second-order valence-corrected chi connectivity index (χ2v) is 7.06. The van der Waals surface area contributed by atoms with E-state index in [0.717, 1.165) is 31.1 Å². The van der Waals surface area contributed by atoms with Crippen molar-refractivity contribution in [3.8, 4) is 0 Å². The van der Waals surface area contributed by atoms with Crippen LogP contribution in [-0.4, -0.2) is 50.8 Å². The van der Waals surface area contributed by atoms with E-state index in [1.54, 1.807) is 0 Å². The van der Waals surface area contributed by atoms with E-state index in [9.17, 15) is 0 Å². The highest BCUT2D eigenvalue weighted by molar-refractivity contribution is 7.71. The molecular formula is C17H23N5S. The van der Waals surface area contributed by atoms with Crippen molar-refractivity contribution in [2.24, 2.45) is 0 Å². The van der Waals surface area contributed by atoms with Gasteiger partial charge < -0.3 is 9.47 Å². The van der Waals surface area contributed by atoms with Crippen LogP contribution in [0.5, 0.6) is 0 Å². The van der Waals surface area contributed by atoms with Gasteiger partial charge in [-0.25, -0.2) is 4.68 Å². The standard InChI is InChI=1S/C17H23N5S/c1-19-9-10-20(16(11-19)14-5-3-2-4-6-14)13-22-17(23)21(12-18-22)15-7-8-15/h2-6,12,15-16H,7-11,13H2,1H3. The third-order valence-corrected chi connectivity index (χ3v) is 5.31. The molecule has 5 nitrogen and oxygen atoms in total. The van der Waals surface area contributed by atoms with Gasteiger partial charge in [-0.3, -0.25) is 4.90 Å². The summed E-state index contributed by atoms with van der Waals surface area (Å²) < 4.78 is 5.00. The summed E-state index contributed by atoms with van der Waals surface area (Å²) in [5.41, 5.74) is 1.37. The third kappa shape index (κ3) is 3.11. The van der Waals surface area contributed by atoms with Gasteiger partial charge in [0.2, 0.25) is 0 Å². The number of hydrogen-bond donors (Lipinski definition) is 0. The van der Waals surface area contributed by atoms with Crippen molar-refractivity contribution < 1.29 is 0 Å². The molecule has 1 aliphatic carbocycles. The van der Waals surface area contributed by atoms with Gasteiger partial charge in [0.15, 0.2) is 4.77 Å². The van der Waals surface area contributed by atoms with E-state index in [1.807, 2.05) is 11.0 Å². The van der Waals surface area contributed by atoms with E-state index in [4.69, 9.17) is 12.2 Å². The van der Waals surface area contributed by atoms with Crippen LogP contribution in [0.2, 0.25) is 0 Å². The molecule has 0 N–H and O–H groups in total. The number of likely N-dealkylation sites (N-methyl/N-ethyl adjacent to an activating group) is 1. The van der Waals surface area contributed by atoms with E-state index in [-0.39, 0.29) is 0 Å². The van der Waals surface area contributed by atoms with E-state index >= 15 is 0 Å². The lowest BCUT2D eigenvalue weighted by Gasteiger charge is -2.40. The Kier molecular flexibility index (Phi) is 4.05. The zero-order valence-corrected chi connectivity index (χ0v) is 14.3. The minimum atomic E-state index is 0.392. The summed E-state index contributed by atoms with van der Waals surface area (Å²) in [6, 6.07) is 11.7. The molecule has 2 heterocycles. The quantitative estimate of drug-likeness (QED) is 0.807. The minimum absolute atomic E-state index is 0.392. The fraction of sp³-hybridized carbons (Fsp3) is 0.529. The van der Waals surface area contributed by atoms with Crippen LogP contribution in [0.4, 0.5) is 0 Å². The zero-order chi connectivity index (χ0) is 15.8. The number of hydrogen-bond acceptors (Lipinski definition) is 4. The SMILES string of the molecule is CN1CCN(Cn2ncn(C3CC3)c2=S)C(c2ccccc2)C1. The van der Waals surface area contributed by atoms with Gasteiger partial charge in [-0.1, -0.05) is 30.3 Å². The number of piperazine rings is 1. The lowest BCUT2D eigenvalue weighted by Crippen LogP contribution is -2.47. The number of aromatic nitrogens is 3. The van der Waals surface area contributed by atoms with Crippen molar-refractivity contribution in [1.29, 1.82) is 0 Å². The van der Waals surface area contributed by atoms with Crippen molar-refractivity contribution in [1.82, 2.24) is 24.1 Å². The molecule has 1 aliphatic heterocycles. The van der Waals surface area contributed by atoms with Gasteiger partial charge in [-0.05, 0) is 37.7 Å². The second kappa shape index (κ2) is 6.19. The van der Waals surface area contributed by atoms with Crippen LogP contribution in [0.3, 0.4) is 0 Å². The lowest BCUT2D eigenvalue weighted by molar-refractivity contribution is 0.0582. The Hall–Kier alpha value is -1.50. The molecule has 0 radical (unpaired) electrons. The molecule has 1 saturated heterocycles. The minimum Gasteiger partial charge on any atom is -0.303 e. The first-order valence-corrected chi connectivity index (χ1v) is 8.74. The van der Waals surface area contributed by atoms with E-state index in [1.165, 1.54) is 18.4 Å². The Morgan fingerprint density at radius 2 is 1.96 bits per heavy atom. The third-order valence-electron chi connectivity index (χ3n) is 4.89. The predicted octanol–water partition coefficient (Wildman–Crippen LogP) is 2.70. The van der Waals surface area contributed by atoms with Crippen LogP contribution >= 0.6 is 12.2 Å². The van der Waals surface area contributed by atoms with E-state index in [2.05, 4.69) is 56.8 Å². The maximum absolute atomic E-state index is 5.61. The van der Waals surface area contributed by atoms with Crippen molar-refractivity contribution >= 4 is 12.2 Å². The second-order valence-electron chi connectivity index (χ2n) is 6.69. The van der Waals surface area contributed by atoms with E-state index < -0.39 is 0 Å². The maximum atomic E-state index is 5.61. The molecule has 0 bridgehead atoms. The van der Waals surface area contributed by atoms with Gasteiger partial charge in [0, 0.05) is 31.7 Å². The van der Waals surface area contributed by atoms with Crippen LogP contribution in [0.1, 0.15) is 30.5 Å². The smallest absolute Gasteiger partial charge is 0.199 e. The van der Waals surface area contributed by atoms with Gasteiger partial charge in [0.1, 0.15) is 6.33 Å². The van der Waals surface area contributed by atoms with Crippen LogP contribution in [0, 0.1) is 4.77 Å². The summed E-state index contributed by atoms with van der Waals surface area (Å²) in [6.45, 7) is 3.93. The van der Waals surface area contributed by atoms with Gasteiger partial charge in [-0.2, -0.15) is 5.10 Å². The Morgan fingerprint density at radius 1 is 1.17 bits per heavy atom. The summed E-state index contributed by atoms with van der Waals surface area (Å²) in [6.07, 6.45) is 4.38. The molecule has 1 saturated carbocycles. The first-order valence-electron chi connectivity index (χ1n) is 8.34. The molecule has 1 aromatic carbocycles. The molecule has 122 valence electrons. The van der Waals surface area contributed by atoms with Crippen LogP contribution < -0.4 is 0 Å². The summed E-state index contributed by atoms with van der Waals surface area (Å²) in [7, 11) is 2.20. The molecule has 1 atom stereocenters. The largest absolute Gasteiger partial charge is 0.303 e. The highest BCUT2D eigenvalue weighted by Gasteiger charge is 2.28. The molecule has 1 aromatic heterocycles. The summed E-state index contributed by atoms with van der Waals surface area (Å²) in [5, 5.41) is 4.54. The average Bonchev–Trinajstić information content (AvgIpc) is 3.35. The summed E-state index contributed by atoms with van der Waals surface area (Å²) in [5.74, 6) is 0. The van der Waals surface area contributed by atoms with Crippen LogP contribution in [0.25, 0.3) is 0 Å². The summed E-state index contributed by atoms with van der Waals surface area (Å²) >= 11 is 5.61. The number of nitrogens with zero attached hydrogens (tertiary/aromatic N) is 5. The molecule has 0 amide bonds. The molecule has 2 aromatic rings. The van der Waals surface area contributed by atoms with Gasteiger partial charge in [0.05, 0.1) is 6.67 Å².